The molecule has 5 heteroatoms. The maximum absolute atomic E-state index is 12.6. The van der Waals surface area contributed by atoms with Crippen molar-refractivity contribution < 1.29 is 8.42 Å². The molecule has 0 unspecified atom stereocenters. The predicted molar refractivity (Wildman–Crippen MR) is 83.5 cm³/mol. The van der Waals surface area contributed by atoms with Gasteiger partial charge in [0.15, 0.2) is 0 Å². The Hall–Kier alpha value is -0.910. The van der Waals surface area contributed by atoms with E-state index in [2.05, 4.69) is 5.32 Å². The Labute approximate surface area is 127 Å². The summed E-state index contributed by atoms with van der Waals surface area (Å²) in [7, 11) is -1.34. The van der Waals surface area contributed by atoms with Gasteiger partial charge in [-0.3, -0.25) is 0 Å². The van der Waals surface area contributed by atoms with E-state index in [1.807, 2.05) is 19.2 Å². The molecule has 0 spiro atoms. The Morgan fingerprint density at radius 3 is 2.62 bits per heavy atom. The molecule has 1 N–H and O–H groups in total. The monoisotopic (exact) mass is 308 g/mol. The van der Waals surface area contributed by atoms with Crippen molar-refractivity contribution in [2.75, 3.05) is 13.6 Å². The highest BCUT2D eigenvalue weighted by Gasteiger charge is 2.36. The van der Waals surface area contributed by atoms with Crippen LogP contribution in [-0.2, 0) is 16.6 Å². The largest absolute Gasteiger partial charge is 0.315 e. The highest BCUT2D eigenvalue weighted by Crippen LogP contribution is 2.32. The zero-order valence-corrected chi connectivity index (χ0v) is 13.4. The molecule has 0 amide bonds. The van der Waals surface area contributed by atoms with Gasteiger partial charge in [0.1, 0.15) is 0 Å². The average Bonchev–Trinajstić information content (AvgIpc) is 2.77. The highest BCUT2D eigenvalue weighted by molar-refractivity contribution is 7.89. The number of hydrogen-bond acceptors (Lipinski definition) is 3. The maximum atomic E-state index is 12.6. The number of hydrogen-bond donors (Lipinski definition) is 1. The van der Waals surface area contributed by atoms with Gasteiger partial charge in [-0.1, -0.05) is 37.5 Å². The number of nitrogens with zero attached hydrogens (tertiary/aromatic N) is 1. The Bertz CT molecular complexity index is 594. The smallest absolute Gasteiger partial charge is 0.243 e. The van der Waals surface area contributed by atoms with Gasteiger partial charge < -0.3 is 5.32 Å². The topological polar surface area (TPSA) is 49.4 Å². The number of benzene rings is 1. The minimum absolute atomic E-state index is 0.259. The number of sulfonamides is 1. The van der Waals surface area contributed by atoms with Crippen LogP contribution in [-0.4, -0.2) is 32.4 Å². The van der Waals surface area contributed by atoms with Crippen LogP contribution >= 0.6 is 0 Å². The van der Waals surface area contributed by atoms with Gasteiger partial charge in [0, 0.05) is 19.1 Å². The Balaban J connectivity index is 1.76. The van der Waals surface area contributed by atoms with Crippen molar-refractivity contribution >= 4 is 10.0 Å². The summed E-state index contributed by atoms with van der Waals surface area (Å²) in [5.41, 5.74) is 0.927. The van der Waals surface area contributed by atoms with Crippen molar-refractivity contribution in [3.8, 4) is 0 Å². The zero-order chi connectivity index (χ0) is 14.9. The summed E-state index contributed by atoms with van der Waals surface area (Å²) in [5, 5.41) is 3.36. The molecule has 2 aliphatic rings. The molecular weight excluding hydrogens is 284 g/mol. The van der Waals surface area contributed by atoms with E-state index in [4.69, 9.17) is 0 Å². The molecule has 116 valence electrons. The highest BCUT2D eigenvalue weighted by atomic mass is 32.2. The summed E-state index contributed by atoms with van der Waals surface area (Å²) < 4.78 is 26.9. The lowest BCUT2D eigenvalue weighted by molar-refractivity contribution is 0.241. The average molecular weight is 308 g/mol. The molecule has 1 fully saturated rings. The van der Waals surface area contributed by atoms with Gasteiger partial charge in [0.05, 0.1) is 4.90 Å². The molecular formula is C16H24N2O2S. The van der Waals surface area contributed by atoms with Crippen molar-refractivity contribution in [3.05, 3.63) is 29.8 Å². The lowest BCUT2D eigenvalue weighted by Gasteiger charge is -2.32. The van der Waals surface area contributed by atoms with Crippen LogP contribution in [0.3, 0.4) is 0 Å². The van der Waals surface area contributed by atoms with Gasteiger partial charge in [0.2, 0.25) is 10.0 Å². The fourth-order valence-corrected chi connectivity index (χ4v) is 5.35. The van der Waals surface area contributed by atoms with Gasteiger partial charge in [-0.15, -0.1) is 0 Å². The summed E-state index contributed by atoms with van der Waals surface area (Å²) in [6, 6.07) is 7.61. The molecule has 1 aliphatic carbocycles. The number of rotatable bonds is 4. The predicted octanol–water partition coefficient (Wildman–Crippen LogP) is 2.36. The summed E-state index contributed by atoms with van der Waals surface area (Å²) in [6.07, 6.45) is 6.30. The van der Waals surface area contributed by atoms with Crippen LogP contribution in [0.15, 0.2) is 29.2 Å². The lowest BCUT2D eigenvalue weighted by Crippen LogP contribution is -2.44. The Morgan fingerprint density at radius 2 is 1.95 bits per heavy atom. The fraction of sp³-hybridized carbons (Fsp3) is 0.625. The minimum Gasteiger partial charge on any atom is -0.315 e. The molecule has 0 radical (unpaired) electrons. The molecule has 0 saturated heterocycles. The fourth-order valence-electron chi connectivity index (χ4n) is 3.69. The zero-order valence-electron chi connectivity index (χ0n) is 12.6. The van der Waals surface area contributed by atoms with Crippen LogP contribution in [0.2, 0.25) is 0 Å². The number of fused-ring (bicyclic) bond motifs is 1. The van der Waals surface area contributed by atoms with Gasteiger partial charge in [-0.2, -0.15) is 4.31 Å². The standard InChI is InChI=1S/C16H24N2O2S/c1-17-15(13-7-3-2-4-8-13)12-18-11-14-9-5-6-10-16(14)21(18,19)20/h5-6,9-10,13,15,17H,2-4,7-8,11-12H2,1H3/t15-/m1/s1. The second-order valence-corrected chi connectivity index (χ2v) is 8.10. The molecule has 1 atom stereocenters. The molecule has 1 aromatic carbocycles. The van der Waals surface area contributed by atoms with Crippen LogP contribution in [0.5, 0.6) is 0 Å². The van der Waals surface area contributed by atoms with Crippen molar-refractivity contribution in [1.82, 2.24) is 9.62 Å². The normalized spacial score (nSPS) is 23.9. The Morgan fingerprint density at radius 1 is 1.24 bits per heavy atom. The van der Waals surface area contributed by atoms with E-state index in [0.717, 1.165) is 5.56 Å². The van der Waals surface area contributed by atoms with Gasteiger partial charge >= 0.3 is 0 Å². The first-order valence-corrected chi connectivity index (χ1v) is 9.32. The van der Waals surface area contributed by atoms with Gasteiger partial charge in [-0.25, -0.2) is 8.42 Å². The molecule has 1 saturated carbocycles. The van der Waals surface area contributed by atoms with Crippen LogP contribution in [0.1, 0.15) is 37.7 Å². The van der Waals surface area contributed by atoms with Crippen molar-refractivity contribution in [2.24, 2.45) is 5.92 Å². The van der Waals surface area contributed by atoms with Crippen LogP contribution in [0, 0.1) is 5.92 Å². The van der Waals surface area contributed by atoms with E-state index in [1.165, 1.54) is 32.1 Å². The second-order valence-electron chi connectivity index (χ2n) is 6.20. The summed E-state index contributed by atoms with van der Waals surface area (Å²) in [6.45, 7) is 1.10. The van der Waals surface area contributed by atoms with E-state index in [9.17, 15) is 8.42 Å². The first kappa shape index (κ1) is 15.0. The quantitative estimate of drug-likeness (QED) is 0.929. The Kier molecular flexibility index (Phi) is 4.33. The van der Waals surface area contributed by atoms with E-state index in [1.54, 1.807) is 16.4 Å². The molecule has 1 aliphatic heterocycles. The van der Waals surface area contributed by atoms with E-state index in [0.29, 0.717) is 23.9 Å². The van der Waals surface area contributed by atoms with Crippen molar-refractivity contribution in [1.29, 1.82) is 0 Å². The third-order valence-corrected chi connectivity index (χ3v) is 6.84. The second kappa shape index (κ2) is 6.07. The lowest BCUT2D eigenvalue weighted by atomic mass is 9.84. The molecule has 1 aromatic rings. The molecule has 0 aromatic heterocycles. The van der Waals surface area contributed by atoms with Crippen molar-refractivity contribution in [3.63, 3.8) is 0 Å². The SMILES string of the molecule is CN[C@H](CN1Cc2ccccc2S1(=O)=O)C1CCCCC1. The summed E-state index contributed by atoms with van der Waals surface area (Å²) >= 11 is 0. The number of nitrogens with one attached hydrogen (secondary N) is 1. The summed E-state index contributed by atoms with van der Waals surface area (Å²) in [5.74, 6) is 0.600. The van der Waals surface area contributed by atoms with Crippen LogP contribution < -0.4 is 5.32 Å². The first-order valence-electron chi connectivity index (χ1n) is 7.88. The molecule has 21 heavy (non-hydrogen) atoms. The number of likely N-dealkylation sites (N-methyl/N-ethyl adjacent to an activating group) is 1. The summed E-state index contributed by atoms with van der Waals surface area (Å²) in [4.78, 5) is 0.489. The van der Waals surface area contributed by atoms with Gasteiger partial charge in [-0.05, 0) is 37.4 Å². The van der Waals surface area contributed by atoms with Crippen LogP contribution in [0.25, 0.3) is 0 Å². The van der Waals surface area contributed by atoms with Crippen LogP contribution in [0.4, 0.5) is 0 Å². The van der Waals surface area contributed by atoms with Gasteiger partial charge in [0.25, 0.3) is 0 Å². The molecule has 0 bridgehead atoms. The van der Waals surface area contributed by atoms with E-state index >= 15 is 0 Å². The minimum atomic E-state index is -3.30. The molecule has 4 nitrogen and oxygen atoms in total. The maximum Gasteiger partial charge on any atom is 0.243 e. The van der Waals surface area contributed by atoms with E-state index < -0.39 is 10.0 Å². The first-order chi connectivity index (χ1) is 10.1. The third kappa shape index (κ3) is 2.87. The van der Waals surface area contributed by atoms with E-state index in [-0.39, 0.29) is 6.04 Å². The molecule has 1 heterocycles. The third-order valence-electron chi connectivity index (χ3n) is 4.93. The molecule has 3 rings (SSSR count). The van der Waals surface area contributed by atoms with Crippen molar-refractivity contribution in [2.45, 2.75) is 49.6 Å².